The number of likely N-dealkylation sites (tertiary alicyclic amines) is 1. The Balaban J connectivity index is 0.00000180. The van der Waals surface area contributed by atoms with Gasteiger partial charge in [0, 0.05) is 18.6 Å². The fourth-order valence-corrected chi connectivity index (χ4v) is 3.60. The molecule has 0 radical (unpaired) electrons. The van der Waals surface area contributed by atoms with Gasteiger partial charge in [0.25, 0.3) is 0 Å². The van der Waals surface area contributed by atoms with Crippen LogP contribution in [-0.4, -0.2) is 29.4 Å². The molecule has 112 valence electrons. The van der Waals surface area contributed by atoms with Crippen LogP contribution in [0.3, 0.4) is 0 Å². The summed E-state index contributed by atoms with van der Waals surface area (Å²) < 4.78 is 0. The molecule has 2 atom stereocenters. The largest absolute Gasteiger partial charge is 0.342 e. The predicted molar refractivity (Wildman–Crippen MR) is 81.4 cm³/mol. The van der Waals surface area contributed by atoms with E-state index in [1.807, 2.05) is 0 Å². The van der Waals surface area contributed by atoms with Gasteiger partial charge in [-0.15, -0.1) is 12.4 Å². The molecule has 2 fully saturated rings. The summed E-state index contributed by atoms with van der Waals surface area (Å²) in [6.45, 7) is 8.40. The monoisotopic (exact) mass is 288 g/mol. The fraction of sp³-hybridized carbons (Fsp3) is 0.933. The van der Waals surface area contributed by atoms with E-state index in [4.69, 9.17) is 5.73 Å². The molecule has 1 aliphatic heterocycles. The van der Waals surface area contributed by atoms with Crippen LogP contribution in [0.15, 0.2) is 0 Å². The fourth-order valence-electron chi connectivity index (χ4n) is 3.60. The molecule has 1 aliphatic carbocycles. The van der Waals surface area contributed by atoms with Crippen molar-refractivity contribution in [1.82, 2.24) is 4.90 Å². The molecule has 1 saturated carbocycles. The molecule has 0 aromatic rings. The van der Waals surface area contributed by atoms with E-state index < -0.39 is 0 Å². The Morgan fingerprint density at radius 2 is 1.84 bits per heavy atom. The van der Waals surface area contributed by atoms with E-state index in [9.17, 15) is 4.79 Å². The van der Waals surface area contributed by atoms with Crippen LogP contribution in [0.2, 0.25) is 0 Å². The number of carbonyl (C=O) groups excluding carboxylic acids is 1. The van der Waals surface area contributed by atoms with Gasteiger partial charge in [-0.05, 0) is 38.0 Å². The van der Waals surface area contributed by atoms with E-state index in [1.165, 1.54) is 12.8 Å². The summed E-state index contributed by atoms with van der Waals surface area (Å²) >= 11 is 0. The van der Waals surface area contributed by atoms with Gasteiger partial charge in [0.05, 0.1) is 5.92 Å². The summed E-state index contributed by atoms with van der Waals surface area (Å²) in [6, 6.07) is 0. The van der Waals surface area contributed by atoms with Gasteiger partial charge in [-0.3, -0.25) is 4.79 Å². The third-order valence-electron chi connectivity index (χ3n) is 4.76. The summed E-state index contributed by atoms with van der Waals surface area (Å²) in [4.78, 5) is 14.8. The third kappa shape index (κ3) is 3.85. The van der Waals surface area contributed by atoms with Crippen LogP contribution < -0.4 is 5.73 Å². The molecule has 2 aliphatic rings. The maximum atomic E-state index is 12.7. The number of hydrogen-bond donors (Lipinski definition) is 1. The highest BCUT2D eigenvalue weighted by molar-refractivity contribution is 5.85. The van der Waals surface area contributed by atoms with Gasteiger partial charge in [0.15, 0.2) is 0 Å². The molecule has 1 heterocycles. The van der Waals surface area contributed by atoms with E-state index in [0.29, 0.717) is 5.91 Å². The molecule has 1 saturated heterocycles. The van der Waals surface area contributed by atoms with Gasteiger partial charge < -0.3 is 10.6 Å². The van der Waals surface area contributed by atoms with Gasteiger partial charge in [-0.2, -0.15) is 0 Å². The molecular weight excluding hydrogens is 260 g/mol. The number of hydrogen-bond acceptors (Lipinski definition) is 2. The van der Waals surface area contributed by atoms with Crippen molar-refractivity contribution < 1.29 is 4.79 Å². The Labute approximate surface area is 123 Å². The Bertz CT molecular complexity index is 328. The Morgan fingerprint density at radius 1 is 1.16 bits per heavy atom. The first kappa shape index (κ1) is 16.8. The highest BCUT2D eigenvalue weighted by atomic mass is 35.5. The first-order chi connectivity index (χ1) is 8.32. The zero-order valence-electron chi connectivity index (χ0n) is 12.6. The van der Waals surface area contributed by atoms with E-state index in [-0.39, 0.29) is 29.3 Å². The van der Waals surface area contributed by atoms with Crippen molar-refractivity contribution in [2.75, 3.05) is 13.1 Å². The van der Waals surface area contributed by atoms with Crippen molar-refractivity contribution in [3.63, 3.8) is 0 Å². The third-order valence-corrected chi connectivity index (χ3v) is 4.76. The number of amides is 1. The molecule has 3 nitrogen and oxygen atoms in total. The number of rotatable bonds is 1. The highest BCUT2D eigenvalue weighted by Gasteiger charge is 2.41. The lowest BCUT2D eigenvalue weighted by molar-refractivity contribution is -0.142. The minimum Gasteiger partial charge on any atom is -0.342 e. The van der Waals surface area contributed by atoms with Crippen LogP contribution in [0.1, 0.15) is 59.3 Å². The first-order valence-corrected chi connectivity index (χ1v) is 7.40. The highest BCUT2D eigenvalue weighted by Crippen LogP contribution is 2.35. The average Bonchev–Trinajstić information content (AvgIpc) is 2.26. The van der Waals surface area contributed by atoms with Crippen LogP contribution in [0.4, 0.5) is 0 Å². The Kier molecular flexibility index (Phi) is 5.30. The maximum Gasteiger partial charge on any atom is 0.227 e. The second-order valence-corrected chi connectivity index (χ2v) is 7.33. The molecular formula is C15H29ClN2O. The van der Waals surface area contributed by atoms with E-state index >= 15 is 0 Å². The normalized spacial score (nSPS) is 34.5. The SMILES string of the molecule is CC1(C)CCCN(C(=O)C2CCCCC2(C)N)C1.Cl. The molecule has 1 amide bonds. The average molecular weight is 289 g/mol. The van der Waals surface area contributed by atoms with E-state index in [0.717, 1.165) is 38.8 Å². The molecule has 0 spiro atoms. The second-order valence-electron chi connectivity index (χ2n) is 7.33. The lowest BCUT2D eigenvalue weighted by Crippen LogP contribution is -2.55. The number of halogens is 1. The second kappa shape index (κ2) is 6.01. The van der Waals surface area contributed by atoms with Gasteiger partial charge in [-0.25, -0.2) is 0 Å². The Hall–Kier alpha value is -0.280. The zero-order chi connectivity index (χ0) is 13.4. The number of nitrogens with zero attached hydrogens (tertiary/aromatic N) is 1. The van der Waals surface area contributed by atoms with Crippen LogP contribution >= 0.6 is 12.4 Å². The zero-order valence-corrected chi connectivity index (χ0v) is 13.4. The van der Waals surface area contributed by atoms with Crippen LogP contribution in [0, 0.1) is 11.3 Å². The van der Waals surface area contributed by atoms with Crippen molar-refractivity contribution in [2.45, 2.75) is 64.8 Å². The summed E-state index contributed by atoms with van der Waals surface area (Å²) in [7, 11) is 0. The van der Waals surface area contributed by atoms with E-state index in [1.54, 1.807) is 0 Å². The summed E-state index contributed by atoms with van der Waals surface area (Å²) in [5.74, 6) is 0.354. The van der Waals surface area contributed by atoms with Crippen LogP contribution in [0.5, 0.6) is 0 Å². The molecule has 0 bridgehead atoms. The lowest BCUT2D eigenvalue weighted by Gasteiger charge is -2.44. The van der Waals surface area contributed by atoms with Crippen molar-refractivity contribution in [1.29, 1.82) is 0 Å². The number of piperidine rings is 1. The Morgan fingerprint density at radius 3 is 2.42 bits per heavy atom. The quantitative estimate of drug-likeness (QED) is 0.806. The van der Waals surface area contributed by atoms with Gasteiger partial charge >= 0.3 is 0 Å². The van der Waals surface area contributed by atoms with Crippen molar-refractivity contribution in [2.24, 2.45) is 17.1 Å². The minimum absolute atomic E-state index is 0. The smallest absolute Gasteiger partial charge is 0.227 e. The minimum atomic E-state index is -0.295. The maximum absolute atomic E-state index is 12.7. The van der Waals surface area contributed by atoms with Crippen molar-refractivity contribution in [3.05, 3.63) is 0 Å². The first-order valence-electron chi connectivity index (χ1n) is 7.40. The van der Waals surface area contributed by atoms with Gasteiger partial charge in [-0.1, -0.05) is 26.7 Å². The lowest BCUT2D eigenvalue weighted by atomic mass is 9.73. The number of nitrogens with two attached hydrogens (primary N) is 1. The molecule has 0 aromatic heterocycles. The molecule has 2 N–H and O–H groups in total. The van der Waals surface area contributed by atoms with Crippen LogP contribution in [0.25, 0.3) is 0 Å². The van der Waals surface area contributed by atoms with Crippen LogP contribution in [-0.2, 0) is 4.79 Å². The topological polar surface area (TPSA) is 46.3 Å². The van der Waals surface area contributed by atoms with Crippen molar-refractivity contribution >= 4 is 18.3 Å². The molecule has 4 heteroatoms. The van der Waals surface area contributed by atoms with Gasteiger partial charge in [0.2, 0.25) is 5.91 Å². The molecule has 2 rings (SSSR count). The predicted octanol–water partition coefficient (Wildman–Crippen LogP) is 2.96. The molecule has 0 aromatic carbocycles. The molecule has 19 heavy (non-hydrogen) atoms. The summed E-state index contributed by atoms with van der Waals surface area (Å²) in [6.07, 6.45) is 6.64. The number of carbonyl (C=O) groups is 1. The van der Waals surface area contributed by atoms with Gasteiger partial charge in [0.1, 0.15) is 0 Å². The summed E-state index contributed by atoms with van der Waals surface area (Å²) in [5, 5.41) is 0. The van der Waals surface area contributed by atoms with Crippen molar-refractivity contribution in [3.8, 4) is 0 Å². The summed E-state index contributed by atoms with van der Waals surface area (Å²) in [5.41, 5.74) is 6.33. The standard InChI is InChI=1S/C15H28N2O.ClH/c1-14(2)8-6-10-17(11-14)13(18)12-7-4-5-9-15(12,3)16;/h12H,4-11,16H2,1-3H3;1H. The molecule has 2 unspecified atom stereocenters. The van der Waals surface area contributed by atoms with E-state index in [2.05, 4.69) is 25.7 Å².